The van der Waals surface area contributed by atoms with E-state index in [4.69, 9.17) is 0 Å². The molecule has 0 aromatic heterocycles. The fraction of sp³-hybridized carbons (Fsp3) is 0.364. The molecule has 1 rings (SSSR count). The van der Waals surface area contributed by atoms with Gasteiger partial charge in [-0.1, -0.05) is 13.3 Å². The van der Waals surface area contributed by atoms with Gasteiger partial charge in [0, 0.05) is 24.4 Å². The Morgan fingerprint density at radius 2 is 2.12 bits per heavy atom. The predicted molar refractivity (Wildman–Crippen MR) is 65.0 cm³/mol. The van der Waals surface area contributed by atoms with Gasteiger partial charge in [0.15, 0.2) is 0 Å². The number of hydrogen-bond donors (Lipinski definition) is 1. The normalized spacial score (nSPS) is 10.6. The maximum atomic E-state index is 10.4. The monoisotopic (exact) mass is 221 g/mol. The molecule has 1 aromatic rings. The van der Waals surface area contributed by atoms with E-state index in [9.17, 15) is 10.1 Å². The molecule has 5 heteroatoms. The molecule has 86 valence electrons. The summed E-state index contributed by atoms with van der Waals surface area (Å²) in [5.41, 5.74) is 0.888. The molecule has 0 spiro atoms. The second-order valence-electron chi connectivity index (χ2n) is 3.34. The number of unbranched alkanes of at least 4 members (excludes halogenated alkanes) is 1. The topological polar surface area (TPSA) is 67.5 Å². The zero-order valence-electron chi connectivity index (χ0n) is 9.22. The largest absolute Gasteiger partial charge is 0.347 e. The van der Waals surface area contributed by atoms with Crippen LogP contribution in [0.1, 0.15) is 19.8 Å². The summed E-state index contributed by atoms with van der Waals surface area (Å²) < 4.78 is 0. The summed E-state index contributed by atoms with van der Waals surface area (Å²) in [4.78, 5) is 14.1. The van der Waals surface area contributed by atoms with Gasteiger partial charge in [-0.05, 0) is 18.6 Å². The Labute approximate surface area is 94.4 Å². The Bertz CT molecular complexity index is 360. The highest BCUT2D eigenvalue weighted by Gasteiger charge is 2.02. The number of nitro groups is 1. The van der Waals surface area contributed by atoms with Crippen molar-refractivity contribution in [2.75, 3.05) is 11.9 Å². The van der Waals surface area contributed by atoms with E-state index in [1.165, 1.54) is 12.1 Å². The van der Waals surface area contributed by atoms with Crippen molar-refractivity contribution in [1.29, 1.82) is 0 Å². The van der Waals surface area contributed by atoms with Crippen molar-refractivity contribution >= 4 is 17.7 Å². The van der Waals surface area contributed by atoms with Gasteiger partial charge in [0.25, 0.3) is 5.69 Å². The van der Waals surface area contributed by atoms with E-state index in [0.29, 0.717) is 0 Å². The SMILES string of the molecule is CCCCN=CNc1ccc([N+](=O)[O-])cc1. The number of aliphatic imine (C=N–C) groups is 1. The van der Waals surface area contributed by atoms with Gasteiger partial charge in [-0.15, -0.1) is 0 Å². The lowest BCUT2D eigenvalue weighted by Crippen LogP contribution is -1.96. The lowest BCUT2D eigenvalue weighted by atomic mass is 10.3. The van der Waals surface area contributed by atoms with Crippen LogP contribution < -0.4 is 5.32 Å². The molecule has 0 aliphatic rings. The number of non-ortho nitro benzene ring substituents is 1. The molecule has 5 nitrogen and oxygen atoms in total. The Morgan fingerprint density at radius 3 is 2.69 bits per heavy atom. The molecular formula is C11H15N3O2. The second kappa shape index (κ2) is 6.55. The summed E-state index contributed by atoms with van der Waals surface area (Å²) >= 11 is 0. The van der Waals surface area contributed by atoms with Crippen molar-refractivity contribution in [2.45, 2.75) is 19.8 Å². The number of nitro benzene ring substituents is 1. The molecule has 16 heavy (non-hydrogen) atoms. The highest BCUT2D eigenvalue weighted by atomic mass is 16.6. The van der Waals surface area contributed by atoms with Gasteiger partial charge >= 0.3 is 0 Å². The first kappa shape index (κ1) is 12.2. The van der Waals surface area contributed by atoms with Crippen LogP contribution in [0.3, 0.4) is 0 Å². The van der Waals surface area contributed by atoms with Crippen LogP contribution in [0.5, 0.6) is 0 Å². The molecule has 0 aliphatic carbocycles. The molecule has 0 heterocycles. The standard InChI is InChI=1S/C11H15N3O2/c1-2-3-8-12-9-13-10-4-6-11(7-5-10)14(15)16/h4-7,9H,2-3,8H2,1H3,(H,12,13). The van der Waals surface area contributed by atoms with E-state index in [-0.39, 0.29) is 5.69 Å². The van der Waals surface area contributed by atoms with Crippen LogP contribution in [0, 0.1) is 10.1 Å². The lowest BCUT2D eigenvalue weighted by molar-refractivity contribution is -0.384. The van der Waals surface area contributed by atoms with E-state index in [0.717, 1.165) is 25.1 Å². The van der Waals surface area contributed by atoms with Crippen LogP contribution in [0.15, 0.2) is 29.3 Å². The minimum absolute atomic E-state index is 0.0912. The van der Waals surface area contributed by atoms with Crippen molar-refractivity contribution < 1.29 is 4.92 Å². The molecule has 0 radical (unpaired) electrons. The van der Waals surface area contributed by atoms with Gasteiger partial charge < -0.3 is 5.32 Å². The van der Waals surface area contributed by atoms with Crippen molar-refractivity contribution in [2.24, 2.45) is 4.99 Å². The molecule has 0 bridgehead atoms. The lowest BCUT2D eigenvalue weighted by Gasteiger charge is -1.99. The highest BCUT2D eigenvalue weighted by Crippen LogP contribution is 2.14. The average Bonchev–Trinajstić information content (AvgIpc) is 2.29. The summed E-state index contributed by atoms with van der Waals surface area (Å²) in [6.07, 6.45) is 3.81. The molecule has 0 unspecified atom stereocenters. The summed E-state index contributed by atoms with van der Waals surface area (Å²) in [6.45, 7) is 2.91. The predicted octanol–water partition coefficient (Wildman–Crippen LogP) is 2.84. The van der Waals surface area contributed by atoms with Gasteiger partial charge in [0.2, 0.25) is 0 Å². The third-order valence-corrected chi connectivity index (χ3v) is 2.04. The molecule has 1 aromatic carbocycles. The van der Waals surface area contributed by atoms with Crippen molar-refractivity contribution in [3.8, 4) is 0 Å². The molecule has 0 fully saturated rings. The maximum Gasteiger partial charge on any atom is 0.269 e. The number of rotatable bonds is 6. The Hall–Kier alpha value is -1.91. The minimum Gasteiger partial charge on any atom is -0.347 e. The molecule has 0 saturated heterocycles. The first-order valence-electron chi connectivity index (χ1n) is 5.23. The number of nitrogens with zero attached hydrogens (tertiary/aromatic N) is 2. The van der Waals surface area contributed by atoms with E-state index in [1.807, 2.05) is 0 Å². The van der Waals surface area contributed by atoms with Gasteiger partial charge in [-0.25, -0.2) is 0 Å². The van der Waals surface area contributed by atoms with Crippen LogP contribution in [-0.4, -0.2) is 17.8 Å². The van der Waals surface area contributed by atoms with Crippen molar-refractivity contribution in [1.82, 2.24) is 0 Å². The van der Waals surface area contributed by atoms with Gasteiger partial charge in [-0.2, -0.15) is 0 Å². The van der Waals surface area contributed by atoms with Crippen LogP contribution in [0.4, 0.5) is 11.4 Å². The number of nitrogens with one attached hydrogen (secondary N) is 1. The average molecular weight is 221 g/mol. The van der Waals surface area contributed by atoms with Gasteiger partial charge in [0.05, 0.1) is 11.3 Å². The summed E-state index contributed by atoms with van der Waals surface area (Å²) in [5.74, 6) is 0. The van der Waals surface area contributed by atoms with Crippen LogP contribution >= 0.6 is 0 Å². The Kier molecular flexibility index (Phi) is 4.98. The number of benzene rings is 1. The fourth-order valence-electron chi connectivity index (χ4n) is 1.11. The molecule has 0 saturated carbocycles. The van der Waals surface area contributed by atoms with Gasteiger partial charge in [0.1, 0.15) is 0 Å². The van der Waals surface area contributed by atoms with Crippen LogP contribution in [-0.2, 0) is 0 Å². The first-order chi connectivity index (χ1) is 7.74. The third-order valence-electron chi connectivity index (χ3n) is 2.04. The minimum atomic E-state index is -0.418. The fourth-order valence-corrected chi connectivity index (χ4v) is 1.11. The van der Waals surface area contributed by atoms with Crippen LogP contribution in [0.2, 0.25) is 0 Å². The Balaban J connectivity index is 2.43. The molecule has 0 aliphatic heterocycles. The number of anilines is 1. The first-order valence-corrected chi connectivity index (χ1v) is 5.23. The highest BCUT2D eigenvalue weighted by molar-refractivity contribution is 5.75. The smallest absolute Gasteiger partial charge is 0.269 e. The maximum absolute atomic E-state index is 10.4. The van der Waals surface area contributed by atoms with Crippen molar-refractivity contribution in [3.63, 3.8) is 0 Å². The third kappa shape index (κ3) is 4.08. The molecule has 0 atom stereocenters. The zero-order chi connectivity index (χ0) is 11.8. The quantitative estimate of drug-likeness (QED) is 0.264. The summed E-state index contributed by atoms with van der Waals surface area (Å²) in [7, 11) is 0. The van der Waals surface area contributed by atoms with E-state index < -0.39 is 4.92 Å². The summed E-state index contributed by atoms with van der Waals surface area (Å²) in [6, 6.07) is 6.23. The van der Waals surface area contributed by atoms with Gasteiger partial charge in [-0.3, -0.25) is 15.1 Å². The molecule has 0 amide bonds. The van der Waals surface area contributed by atoms with Crippen LogP contribution in [0.25, 0.3) is 0 Å². The van der Waals surface area contributed by atoms with E-state index in [2.05, 4.69) is 17.2 Å². The Morgan fingerprint density at radius 1 is 1.44 bits per heavy atom. The number of hydrogen-bond acceptors (Lipinski definition) is 3. The summed E-state index contributed by atoms with van der Waals surface area (Å²) in [5, 5.41) is 13.4. The molecular weight excluding hydrogens is 206 g/mol. The van der Waals surface area contributed by atoms with E-state index in [1.54, 1.807) is 18.5 Å². The second-order valence-corrected chi connectivity index (χ2v) is 3.34. The van der Waals surface area contributed by atoms with Crippen molar-refractivity contribution in [3.05, 3.63) is 34.4 Å². The van der Waals surface area contributed by atoms with E-state index >= 15 is 0 Å². The zero-order valence-corrected chi connectivity index (χ0v) is 9.22. The molecule has 1 N–H and O–H groups in total.